The van der Waals surface area contributed by atoms with Gasteiger partial charge in [-0.25, -0.2) is 9.18 Å². The largest absolute Gasteiger partial charge is 0.423 e. The SMILES string of the molecule is O=C(/C=C/c1ccc(OC(=O)c2ccc(F)cc2)cc1)c1ccc(Br)cc1. The van der Waals surface area contributed by atoms with Crippen LogP contribution in [0, 0.1) is 5.82 Å². The molecule has 3 nitrogen and oxygen atoms in total. The van der Waals surface area contributed by atoms with Gasteiger partial charge in [-0.15, -0.1) is 0 Å². The van der Waals surface area contributed by atoms with E-state index >= 15 is 0 Å². The number of ketones is 1. The molecule has 3 aromatic rings. The van der Waals surface area contributed by atoms with E-state index in [1.165, 1.54) is 30.3 Å². The Balaban J connectivity index is 1.62. The second kappa shape index (κ2) is 8.56. The highest BCUT2D eigenvalue weighted by Gasteiger charge is 2.08. The molecule has 27 heavy (non-hydrogen) atoms. The van der Waals surface area contributed by atoms with Crippen molar-refractivity contribution in [3.05, 3.63) is 106 Å². The maximum Gasteiger partial charge on any atom is 0.343 e. The van der Waals surface area contributed by atoms with E-state index < -0.39 is 11.8 Å². The quantitative estimate of drug-likeness (QED) is 0.228. The summed E-state index contributed by atoms with van der Waals surface area (Å²) < 4.78 is 19.0. The van der Waals surface area contributed by atoms with Gasteiger partial charge in [-0.1, -0.05) is 34.1 Å². The Hall–Kier alpha value is -3.05. The van der Waals surface area contributed by atoms with Gasteiger partial charge in [-0.05, 0) is 72.3 Å². The molecule has 3 rings (SSSR count). The Labute approximate surface area is 164 Å². The van der Waals surface area contributed by atoms with Gasteiger partial charge in [0.05, 0.1) is 5.56 Å². The topological polar surface area (TPSA) is 43.4 Å². The van der Waals surface area contributed by atoms with Crippen LogP contribution >= 0.6 is 15.9 Å². The smallest absolute Gasteiger partial charge is 0.343 e. The van der Waals surface area contributed by atoms with Crippen LogP contribution in [0.4, 0.5) is 4.39 Å². The molecule has 0 saturated carbocycles. The molecular formula is C22H14BrFO3. The maximum absolute atomic E-state index is 12.9. The van der Waals surface area contributed by atoms with Gasteiger partial charge < -0.3 is 4.74 Å². The molecule has 0 aliphatic carbocycles. The van der Waals surface area contributed by atoms with E-state index in [4.69, 9.17) is 4.74 Å². The van der Waals surface area contributed by atoms with E-state index in [1.807, 2.05) is 12.1 Å². The monoisotopic (exact) mass is 424 g/mol. The van der Waals surface area contributed by atoms with Gasteiger partial charge >= 0.3 is 5.97 Å². The molecule has 0 aliphatic rings. The van der Waals surface area contributed by atoms with Gasteiger partial charge in [0.25, 0.3) is 0 Å². The Morgan fingerprint density at radius 2 is 1.41 bits per heavy atom. The Morgan fingerprint density at radius 3 is 2.04 bits per heavy atom. The molecule has 0 unspecified atom stereocenters. The summed E-state index contributed by atoms with van der Waals surface area (Å²) in [6.07, 6.45) is 3.18. The fraction of sp³-hybridized carbons (Fsp3) is 0. The third kappa shape index (κ3) is 5.21. The number of hydrogen-bond acceptors (Lipinski definition) is 3. The minimum Gasteiger partial charge on any atom is -0.423 e. The highest BCUT2D eigenvalue weighted by molar-refractivity contribution is 9.10. The normalized spacial score (nSPS) is 10.7. The zero-order chi connectivity index (χ0) is 19.2. The van der Waals surface area contributed by atoms with Crippen molar-refractivity contribution in [3.63, 3.8) is 0 Å². The van der Waals surface area contributed by atoms with Crippen molar-refractivity contribution in [1.82, 2.24) is 0 Å². The molecule has 0 spiro atoms. The summed E-state index contributed by atoms with van der Waals surface area (Å²) in [6.45, 7) is 0. The summed E-state index contributed by atoms with van der Waals surface area (Å²) in [4.78, 5) is 24.1. The molecule has 134 valence electrons. The lowest BCUT2D eigenvalue weighted by molar-refractivity contribution is 0.0734. The van der Waals surface area contributed by atoms with Crippen LogP contribution in [-0.2, 0) is 0 Å². The summed E-state index contributed by atoms with van der Waals surface area (Å²) in [5.74, 6) is -0.723. The Kier molecular flexibility index (Phi) is 5.94. The van der Waals surface area contributed by atoms with Crippen LogP contribution in [0.15, 0.2) is 83.3 Å². The predicted octanol–water partition coefficient (Wildman–Crippen LogP) is 5.70. The standard InChI is InChI=1S/C22H14BrFO3/c23-18-8-4-16(5-9-18)21(25)14-3-15-1-12-20(13-2-15)27-22(26)17-6-10-19(24)11-7-17/h1-14H/b14-3+. The van der Waals surface area contributed by atoms with Crippen molar-refractivity contribution in [3.8, 4) is 5.75 Å². The molecule has 0 atom stereocenters. The van der Waals surface area contributed by atoms with E-state index in [9.17, 15) is 14.0 Å². The lowest BCUT2D eigenvalue weighted by Gasteiger charge is -2.04. The lowest BCUT2D eigenvalue weighted by Crippen LogP contribution is -2.08. The number of hydrogen-bond donors (Lipinski definition) is 0. The van der Waals surface area contributed by atoms with Crippen molar-refractivity contribution in [2.45, 2.75) is 0 Å². The first-order valence-corrected chi connectivity index (χ1v) is 8.86. The van der Waals surface area contributed by atoms with Crippen LogP contribution in [0.5, 0.6) is 5.75 Å². The second-order valence-electron chi connectivity index (χ2n) is 5.67. The van der Waals surface area contributed by atoms with Crippen LogP contribution in [0.1, 0.15) is 26.3 Å². The molecule has 0 aromatic heterocycles. The van der Waals surface area contributed by atoms with Gasteiger partial charge in [-0.3, -0.25) is 4.79 Å². The lowest BCUT2D eigenvalue weighted by atomic mass is 10.1. The highest BCUT2D eigenvalue weighted by atomic mass is 79.9. The average molecular weight is 425 g/mol. The van der Waals surface area contributed by atoms with E-state index in [0.29, 0.717) is 11.3 Å². The third-order valence-corrected chi connectivity index (χ3v) is 4.26. The number of rotatable bonds is 5. The van der Waals surface area contributed by atoms with Crippen LogP contribution < -0.4 is 4.74 Å². The summed E-state index contributed by atoms with van der Waals surface area (Å²) >= 11 is 3.33. The molecule has 3 aromatic carbocycles. The predicted molar refractivity (Wildman–Crippen MR) is 105 cm³/mol. The van der Waals surface area contributed by atoms with Crippen LogP contribution in [-0.4, -0.2) is 11.8 Å². The van der Waals surface area contributed by atoms with Crippen LogP contribution in [0.2, 0.25) is 0 Å². The fourth-order valence-electron chi connectivity index (χ4n) is 2.28. The van der Waals surface area contributed by atoms with Crippen LogP contribution in [0.3, 0.4) is 0 Å². The zero-order valence-corrected chi connectivity index (χ0v) is 15.6. The van der Waals surface area contributed by atoms with Gasteiger partial charge in [0.15, 0.2) is 5.78 Å². The number of halogens is 2. The number of benzene rings is 3. The van der Waals surface area contributed by atoms with Crippen molar-refractivity contribution in [2.24, 2.45) is 0 Å². The number of ether oxygens (including phenoxy) is 1. The Bertz CT molecular complexity index is 976. The second-order valence-corrected chi connectivity index (χ2v) is 6.59. The van der Waals surface area contributed by atoms with E-state index in [0.717, 1.165) is 10.0 Å². The molecule has 0 amide bonds. The van der Waals surface area contributed by atoms with Gasteiger partial charge in [0, 0.05) is 10.0 Å². The van der Waals surface area contributed by atoms with Crippen LogP contribution in [0.25, 0.3) is 6.08 Å². The summed E-state index contributed by atoms with van der Waals surface area (Å²) in [7, 11) is 0. The number of esters is 1. The van der Waals surface area contributed by atoms with E-state index in [1.54, 1.807) is 42.5 Å². The molecule has 0 N–H and O–H groups in total. The molecule has 0 bridgehead atoms. The molecule has 0 saturated heterocycles. The minimum absolute atomic E-state index is 0.102. The minimum atomic E-state index is -0.566. The first-order chi connectivity index (χ1) is 13.0. The molecule has 0 fully saturated rings. The molecule has 0 aliphatic heterocycles. The number of carbonyl (C=O) groups excluding carboxylic acids is 2. The molecule has 0 heterocycles. The summed E-state index contributed by atoms with van der Waals surface area (Å²) in [6, 6.07) is 19.0. The summed E-state index contributed by atoms with van der Waals surface area (Å²) in [5, 5.41) is 0. The van der Waals surface area contributed by atoms with Gasteiger partial charge in [-0.2, -0.15) is 0 Å². The first-order valence-electron chi connectivity index (χ1n) is 8.07. The fourth-order valence-corrected chi connectivity index (χ4v) is 2.55. The molecule has 5 heteroatoms. The molecule has 0 radical (unpaired) electrons. The van der Waals surface area contributed by atoms with Crippen molar-refractivity contribution in [1.29, 1.82) is 0 Å². The molecular weight excluding hydrogens is 411 g/mol. The van der Waals surface area contributed by atoms with Crippen molar-refractivity contribution in [2.75, 3.05) is 0 Å². The van der Waals surface area contributed by atoms with Crippen molar-refractivity contribution >= 4 is 33.8 Å². The average Bonchev–Trinajstić information content (AvgIpc) is 2.68. The highest BCUT2D eigenvalue weighted by Crippen LogP contribution is 2.16. The first kappa shape index (κ1) is 18.7. The van der Waals surface area contributed by atoms with E-state index in [2.05, 4.69) is 15.9 Å². The third-order valence-electron chi connectivity index (χ3n) is 3.73. The van der Waals surface area contributed by atoms with E-state index in [-0.39, 0.29) is 11.3 Å². The zero-order valence-electron chi connectivity index (χ0n) is 14.1. The Morgan fingerprint density at radius 1 is 0.815 bits per heavy atom. The van der Waals surface area contributed by atoms with Gasteiger partial charge in [0.2, 0.25) is 0 Å². The van der Waals surface area contributed by atoms with Crippen molar-refractivity contribution < 1.29 is 18.7 Å². The number of allylic oxidation sites excluding steroid dienone is 1. The van der Waals surface area contributed by atoms with Gasteiger partial charge in [0.1, 0.15) is 11.6 Å². The summed E-state index contributed by atoms with van der Waals surface area (Å²) in [5.41, 5.74) is 1.65. The maximum atomic E-state index is 12.9. The number of carbonyl (C=O) groups is 2.